The Morgan fingerprint density at radius 3 is 2.10 bits per heavy atom. The average Bonchev–Trinajstić information content (AvgIpc) is 2.66. The second-order valence-electron chi connectivity index (χ2n) is 9.17. The molecular formula is C24H32BrNO4. The van der Waals surface area contributed by atoms with E-state index in [2.05, 4.69) is 68.0 Å². The number of rotatable bonds is 8. The van der Waals surface area contributed by atoms with Gasteiger partial charge in [-0.2, -0.15) is 0 Å². The third kappa shape index (κ3) is 6.66. The summed E-state index contributed by atoms with van der Waals surface area (Å²) in [4.78, 5) is 12.4. The number of methoxy groups -OCH3 is 2. The van der Waals surface area contributed by atoms with Crippen LogP contribution in [0.4, 0.5) is 5.69 Å². The van der Waals surface area contributed by atoms with Gasteiger partial charge in [-0.15, -0.1) is 0 Å². The number of anilines is 1. The molecule has 0 aromatic heterocycles. The van der Waals surface area contributed by atoms with Gasteiger partial charge < -0.3 is 19.5 Å². The van der Waals surface area contributed by atoms with Crippen molar-refractivity contribution in [2.24, 2.45) is 5.41 Å². The standard InChI is InChI=1S/C24H32BrNO4/c1-23(2,3)15-24(4,5)16-8-10-17(11-9-16)30-14-22(27)26-19-13-20(28-6)18(25)12-21(19)29-7/h8-13H,14-15H2,1-7H3,(H,26,27). The van der Waals surface area contributed by atoms with Crippen molar-refractivity contribution in [3.05, 3.63) is 46.4 Å². The Labute approximate surface area is 188 Å². The first-order valence-corrected chi connectivity index (χ1v) is 10.7. The zero-order valence-corrected chi connectivity index (χ0v) is 20.5. The van der Waals surface area contributed by atoms with Gasteiger partial charge in [-0.05, 0) is 50.9 Å². The Morgan fingerprint density at radius 2 is 1.57 bits per heavy atom. The van der Waals surface area contributed by atoms with Crippen molar-refractivity contribution >= 4 is 27.5 Å². The molecule has 2 rings (SSSR count). The van der Waals surface area contributed by atoms with Crippen molar-refractivity contribution in [1.29, 1.82) is 0 Å². The molecule has 1 amide bonds. The Morgan fingerprint density at radius 1 is 0.967 bits per heavy atom. The molecule has 0 radical (unpaired) electrons. The van der Waals surface area contributed by atoms with Gasteiger partial charge in [0, 0.05) is 12.1 Å². The number of benzene rings is 2. The first-order valence-electron chi connectivity index (χ1n) is 9.90. The Hall–Kier alpha value is -2.21. The number of halogens is 1. The maximum absolute atomic E-state index is 12.4. The summed E-state index contributed by atoms with van der Waals surface area (Å²) in [7, 11) is 3.11. The number of carbonyl (C=O) groups excluding carboxylic acids is 1. The summed E-state index contributed by atoms with van der Waals surface area (Å²) in [6.45, 7) is 11.2. The SMILES string of the molecule is COc1cc(NC(=O)COc2ccc(C(C)(C)CC(C)(C)C)cc2)c(OC)cc1Br. The van der Waals surface area contributed by atoms with Gasteiger partial charge in [0.25, 0.3) is 5.91 Å². The van der Waals surface area contributed by atoms with Crippen LogP contribution in [0.3, 0.4) is 0 Å². The molecule has 0 fully saturated rings. The second-order valence-corrected chi connectivity index (χ2v) is 10.0. The van der Waals surface area contributed by atoms with Gasteiger partial charge in [-0.1, -0.05) is 46.8 Å². The van der Waals surface area contributed by atoms with Crippen molar-refractivity contribution in [2.45, 2.75) is 46.5 Å². The number of amides is 1. The molecule has 5 nitrogen and oxygen atoms in total. The lowest BCUT2D eigenvalue weighted by Gasteiger charge is -2.33. The van der Waals surface area contributed by atoms with Crippen molar-refractivity contribution in [3.63, 3.8) is 0 Å². The molecule has 0 bridgehead atoms. The summed E-state index contributed by atoms with van der Waals surface area (Å²) < 4.78 is 17.0. The molecule has 0 unspecified atom stereocenters. The zero-order valence-electron chi connectivity index (χ0n) is 18.9. The highest BCUT2D eigenvalue weighted by Gasteiger charge is 2.27. The first-order chi connectivity index (χ1) is 13.9. The van der Waals surface area contributed by atoms with E-state index in [1.165, 1.54) is 5.56 Å². The zero-order chi connectivity index (χ0) is 22.5. The number of hydrogen-bond acceptors (Lipinski definition) is 4. The van der Waals surface area contributed by atoms with E-state index in [4.69, 9.17) is 14.2 Å². The van der Waals surface area contributed by atoms with Crippen LogP contribution in [-0.4, -0.2) is 26.7 Å². The van der Waals surface area contributed by atoms with E-state index in [0.29, 0.717) is 22.9 Å². The van der Waals surface area contributed by atoms with Crippen molar-refractivity contribution < 1.29 is 19.0 Å². The summed E-state index contributed by atoms with van der Waals surface area (Å²) in [5, 5.41) is 2.81. The molecule has 0 aliphatic heterocycles. The Bertz CT molecular complexity index is 870. The molecule has 0 saturated heterocycles. The van der Waals surface area contributed by atoms with Crippen LogP contribution in [0.15, 0.2) is 40.9 Å². The van der Waals surface area contributed by atoms with Gasteiger partial charge in [-0.25, -0.2) is 0 Å². The fourth-order valence-electron chi connectivity index (χ4n) is 3.72. The number of ether oxygens (including phenoxy) is 3. The fourth-order valence-corrected chi connectivity index (χ4v) is 4.21. The molecule has 6 heteroatoms. The predicted molar refractivity (Wildman–Crippen MR) is 125 cm³/mol. The number of carbonyl (C=O) groups is 1. The fraction of sp³-hybridized carbons (Fsp3) is 0.458. The normalized spacial score (nSPS) is 11.7. The molecule has 1 N–H and O–H groups in total. The highest BCUT2D eigenvalue weighted by molar-refractivity contribution is 9.10. The van der Waals surface area contributed by atoms with Gasteiger partial charge in [-0.3, -0.25) is 4.79 Å². The van der Waals surface area contributed by atoms with Crippen LogP contribution >= 0.6 is 15.9 Å². The van der Waals surface area contributed by atoms with E-state index in [-0.39, 0.29) is 23.3 Å². The molecule has 0 heterocycles. The van der Waals surface area contributed by atoms with Crippen molar-refractivity contribution in [3.8, 4) is 17.2 Å². The lowest BCUT2D eigenvalue weighted by molar-refractivity contribution is -0.118. The molecule has 164 valence electrons. The molecular weight excluding hydrogens is 446 g/mol. The van der Waals surface area contributed by atoms with Gasteiger partial charge in [0.15, 0.2) is 6.61 Å². The molecule has 0 atom stereocenters. The Kier molecular flexibility index (Phi) is 7.81. The summed E-state index contributed by atoms with van der Waals surface area (Å²) in [6.07, 6.45) is 1.07. The van der Waals surface area contributed by atoms with E-state index < -0.39 is 0 Å². The second kappa shape index (κ2) is 9.73. The lowest BCUT2D eigenvalue weighted by Crippen LogP contribution is -2.24. The quantitative estimate of drug-likeness (QED) is 0.491. The van der Waals surface area contributed by atoms with Crippen molar-refractivity contribution in [1.82, 2.24) is 0 Å². The number of nitrogens with one attached hydrogen (secondary N) is 1. The largest absolute Gasteiger partial charge is 0.495 e. The summed E-state index contributed by atoms with van der Waals surface area (Å²) in [5.74, 6) is 1.50. The highest BCUT2D eigenvalue weighted by Crippen LogP contribution is 2.37. The van der Waals surface area contributed by atoms with E-state index in [0.717, 1.165) is 10.9 Å². The minimum Gasteiger partial charge on any atom is -0.495 e. The van der Waals surface area contributed by atoms with Crippen LogP contribution < -0.4 is 19.5 Å². The predicted octanol–water partition coefficient (Wildman–Crippen LogP) is 6.20. The van der Waals surface area contributed by atoms with Gasteiger partial charge in [0.2, 0.25) is 0 Å². The first kappa shape index (κ1) is 24.1. The van der Waals surface area contributed by atoms with Crippen LogP contribution in [0.1, 0.15) is 46.6 Å². The monoisotopic (exact) mass is 477 g/mol. The van der Waals surface area contributed by atoms with Gasteiger partial charge in [0.1, 0.15) is 17.2 Å². The smallest absolute Gasteiger partial charge is 0.262 e. The van der Waals surface area contributed by atoms with Gasteiger partial charge >= 0.3 is 0 Å². The molecule has 0 aliphatic carbocycles. The minimum atomic E-state index is -0.283. The van der Waals surface area contributed by atoms with Crippen LogP contribution in [0.5, 0.6) is 17.2 Å². The third-order valence-corrected chi connectivity index (χ3v) is 5.35. The molecule has 2 aromatic carbocycles. The average molecular weight is 478 g/mol. The van der Waals surface area contributed by atoms with Crippen LogP contribution in [-0.2, 0) is 10.2 Å². The topological polar surface area (TPSA) is 56.8 Å². The minimum absolute atomic E-state index is 0.0609. The maximum atomic E-state index is 12.4. The lowest BCUT2D eigenvalue weighted by atomic mass is 9.72. The number of hydrogen-bond donors (Lipinski definition) is 1. The van der Waals surface area contributed by atoms with Gasteiger partial charge in [0.05, 0.1) is 24.4 Å². The summed E-state index contributed by atoms with van der Waals surface area (Å²) in [6, 6.07) is 11.4. The summed E-state index contributed by atoms with van der Waals surface area (Å²) in [5.41, 5.74) is 2.07. The molecule has 2 aromatic rings. The van der Waals surface area contributed by atoms with Crippen LogP contribution in [0, 0.1) is 5.41 Å². The van der Waals surface area contributed by atoms with Crippen LogP contribution in [0.25, 0.3) is 0 Å². The molecule has 0 saturated carbocycles. The molecule has 0 spiro atoms. The highest BCUT2D eigenvalue weighted by atomic mass is 79.9. The van der Waals surface area contributed by atoms with Crippen molar-refractivity contribution in [2.75, 3.05) is 26.1 Å². The molecule has 30 heavy (non-hydrogen) atoms. The summed E-state index contributed by atoms with van der Waals surface area (Å²) >= 11 is 3.40. The third-order valence-electron chi connectivity index (χ3n) is 4.73. The van der Waals surface area contributed by atoms with E-state index in [1.807, 2.05) is 12.1 Å². The van der Waals surface area contributed by atoms with E-state index in [9.17, 15) is 4.79 Å². The maximum Gasteiger partial charge on any atom is 0.262 e. The van der Waals surface area contributed by atoms with E-state index >= 15 is 0 Å². The Balaban J connectivity index is 2.00. The van der Waals surface area contributed by atoms with E-state index in [1.54, 1.807) is 26.4 Å². The molecule has 0 aliphatic rings. The van der Waals surface area contributed by atoms with Crippen LogP contribution in [0.2, 0.25) is 0 Å².